The van der Waals surface area contributed by atoms with Crippen LogP contribution in [0.3, 0.4) is 0 Å². The molecule has 2 aromatic rings. The summed E-state index contributed by atoms with van der Waals surface area (Å²) in [4.78, 5) is 57.7. The summed E-state index contributed by atoms with van der Waals surface area (Å²) in [5, 5.41) is 3.10. The van der Waals surface area contributed by atoms with Gasteiger partial charge in [-0.2, -0.15) is 0 Å². The first kappa shape index (κ1) is 22.3. The molecule has 4 heterocycles. The number of amides is 4. The topological polar surface area (TPSA) is 109 Å². The number of carbonyl (C=O) groups is 4. The maximum Gasteiger partial charge on any atom is 0.410 e. The van der Waals surface area contributed by atoms with E-state index >= 15 is 0 Å². The van der Waals surface area contributed by atoms with Gasteiger partial charge in [0.2, 0.25) is 11.8 Å². The Hall–Kier alpha value is -3.49. The van der Waals surface area contributed by atoms with Gasteiger partial charge >= 0.3 is 6.09 Å². The van der Waals surface area contributed by atoms with Gasteiger partial charge in [-0.3, -0.25) is 29.6 Å². The monoisotopic (exact) mass is 464 g/mol. The van der Waals surface area contributed by atoms with Crippen LogP contribution in [0.1, 0.15) is 68.3 Å². The molecule has 3 aliphatic rings. The van der Waals surface area contributed by atoms with Gasteiger partial charge in [0.05, 0.1) is 16.8 Å². The van der Waals surface area contributed by atoms with Crippen LogP contribution < -0.4 is 10.2 Å². The highest BCUT2D eigenvalue weighted by molar-refractivity contribution is 6.27. The number of piperidine rings is 2. The summed E-state index contributed by atoms with van der Waals surface area (Å²) in [6, 6.07) is 4.81. The molecule has 0 radical (unpaired) electrons. The summed E-state index contributed by atoms with van der Waals surface area (Å²) >= 11 is 0. The van der Waals surface area contributed by atoms with E-state index in [4.69, 9.17) is 4.74 Å². The Kier molecular flexibility index (Phi) is 5.30. The highest BCUT2D eigenvalue weighted by Gasteiger charge is 2.41. The van der Waals surface area contributed by atoms with Gasteiger partial charge in [0, 0.05) is 31.1 Å². The maximum absolute atomic E-state index is 13.3. The molecule has 0 bridgehead atoms. The number of nitrogens with zero attached hydrogens (tertiary/aromatic N) is 3. The van der Waals surface area contributed by atoms with E-state index < -0.39 is 17.6 Å². The number of aromatic nitrogens is 1. The van der Waals surface area contributed by atoms with E-state index in [1.165, 1.54) is 4.90 Å². The van der Waals surface area contributed by atoms with Crippen LogP contribution in [0.2, 0.25) is 0 Å². The molecular weight excluding hydrogens is 436 g/mol. The Balaban J connectivity index is 1.42. The molecule has 178 valence electrons. The average Bonchev–Trinajstić information content (AvgIpc) is 3.06. The quantitative estimate of drug-likeness (QED) is 0.684. The number of hydrogen-bond acceptors (Lipinski definition) is 6. The number of benzene rings is 1. The first-order chi connectivity index (χ1) is 16.1. The third-order valence-electron chi connectivity index (χ3n) is 6.72. The summed E-state index contributed by atoms with van der Waals surface area (Å²) in [5.74, 6) is -0.813. The average molecular weight is 465 g/mol. The van der Waals surface area contributed by atoms with Gasteiger partial charge in [0.15, 0.2) is 0 Å². The SMILES string of the molecule is CC(C)(C)OC(=O)N1CCC(c2ccc3c4c(ccnc24)N(C2CCC(=O)NC2=O)C3=O)CC1. The number of likely N-dealkylation sites (tertiary alicyclic amines) is 1. The molecule has 9 nitrogen and oxygen atoms in total. The van der Waals surface area contributed by atoms with Gasteiger partial charge in [-0.05, 0) is 63.6 Å². The third kappa shape index (κ3) is 3.78. The zero-order valence-corrected chi connectivity index (χ0v) is 19.6. The zero-order valence-electron chi connectivity index (χ0n) is 19.6. The predicted octanol–water partition coefficient (Wildman–Crippen LogP) is 3.11. The van der Waals surface area contributed by atoms with Crippen molar-refractivity contribution in [1.82, 2.24) is 15.2 Å². The first-order valence-corrected chi connectivity index (χ1v) is 11.7. The van der Waals surface area contributed by atoms with E-state index in [-0.39, 0.29) is 30.2 Å². The van der Waals surface area contributed by atoms with Crippen LogP contribution in [0.15, 0.2) is 24.4 Å². The van der Waals surface area contributed by atoms with E-state index in [9.17, 15) is 19.2 Å². The van der Waals surface area contributed by atoms with Gasteiger partial charge in [-0.1, -0.05) is 6.07 Å². The van der Waals surface area contributed by atoms with Crippen molar-refractivity contribution in [2.24, 2.45) is 0 Å². The summed E-state index contributed by atoms with van der Waals surface area (Å²) in [7, 11) is 0. The number of imide groups is 1. The molecule has 9 heteroatoms. The van der Waals surface area contributed by atoms with E-state index in [1.54, 1.807) is 17.2 Å². The van der Waals surface area contributed by atoms with Gasteiger partial charge in [0.1, 0.15) is 11.6 Å². The molecule has 0 aliphatic carbocycles. The number of hydrogen-bond donors (Lipinski definition) is 1. The Bertz CT molecular complexity index is 1210. The molecular formula is C25H28N4O5. The van der Waals surface area contributed by atoms with Crippen LogP contribution in [-0.4, -0.2) is 58.4 Å². The largest absolute Gasteiger partial charge is 0.444 e. The lowest BCUT2D eigenvalue weighted by atomic mass is 9.87. The van der Waals surface area contributed by atoms with Crippen LogP contribution in [0.4, 0.5) is 10.5 Å². The van der Waals surface area contributed by atoms with Crippen molar-refractivity contribution in [3.8, 4) is 0 Å². The highest BCUT2D eigenvalue weighted by Crippen LogP contribution is 2.42. The molecule has 1 unspecified atom stereocenters. The Labute approximate surface area is 197 Å². The van der Waals surface area contributed by atoms with Crippen molar-refractivity contribution < 1.29 is 23.9 Å². The molecule has 2 saturated heterocycles. The van der Waals surface area contributed by atoms with E-state index in [0.717, 1.165) is 29.3 Å². The number of pyridine rings is 1. The number of rotatable bonds is 2. The van der Waals surface area contributed by atoms with Gasteiger partial charge in [-0.25, -0.2) is 4.79 Å². The number of anilines is 1. The maximum atomic E-state index is 13.3. The molecule has 1 N–H and O–H groups in total. The summed E-state index contributed by atoms with van der Waals surface area (Å²) in [6.45, 7) is 6.74. The number of carbonyl (C=O) groups excluding carboxylic acids is 4. The lowest BCUT2D eigenvalue weighted by Crippen LogP contribution is -2.53. The molecule has 1 aromatic carbocycles. The van der Waals surface area contributed by atoms with Crippen LogP contribution >= 0.6 is 0 Å². The molecule has 0 saturated carbocycles. The van der Waals surface area contributed by atoms with Crippen LogP contribution in [0.5, 0.6) is 0 Å². The molecule has 2 fully saturated rings. The fourth-order valence-corrected chi connectivity index (χ4v) is 5.16. The third-order valence-corrected chi connectivity index (χ3v) is 6.72. The first-order valence-electron chi connectivity index (χ1n) is 11.7. The van der Waals surface area contributed by atoms with Crippen molar-refractivity contribution in [2.45, 2.75) is 64.0 Å². The second-order valence-electron chi connectivity index (χ2n) is 10.1. The Morgan fingerprint density at radius 2 is 1.82 bits per heavy atom. The van der Waals surface area contributed by atoms with Crippen molar-refractivity contribution in [2.75, 3.05) is 18.0 Å². The fraction of sp³-hybridized carbons (Fsp3) is 0.480. The summed E-state index contributed by atoms with van der Waals surface area (Å²) < 4.78 is 5.50. The lowest BCUT2D eigenvalue weighted by molar-refractivity contribution is -0.134. The van der Waals surface area contributed by atoms with E-state index in [2.05, 4.69) is 10.3 Å². The molecule has 3 aliphatic heterocycles. The molecule has 0 spiro atoms. The Morgan fingerprint density at radius 1 is 1.09 bits per heavy atom. The van der Waals surface area contributed by atoms with Gasteiger partial charge in [-0.15, -0.1) is 0 Å². The highest BCUT2D eigenvalue weighted by atomic mass is 16.6. The lowest BCUT2D eigenvalue weighted by Gasteiger charge is -2.33. The second kappa shape index (κ2) is 8.07. The summed E-state index contributed by atoms with van der Waals surface area (Å²) in [6.07, 6.45) is 3.40. The molecule has 34 heavy (non-hydrogen) atoms. The summed E-state index contributed by atoms with van der Waals surface area (Å²) in [5.41, 5.74) is 2.46. The molecule has 4 amide bonds. The number of ether oxygens (including phenoxy) is 1. The standard InChI is InChI=1S/C25H28N4O5/c1-25(2,3)34-24(33)28-12-9-14(10-13-28)15-4-5-16-20-17(8-11-26-21(15)20)29(23(16)32)18-6-7-19(30)27-22(18)31/h4-5,8,11,14,18H,6-7,9-10,12-13H2,1-3H3,(H,27,30,31). The second-order valence-corrected chi connectivity index (χ2v) is 10.1. The van der Waals surface area contributed by atoms with Crippen LogP contribution in [0, 0.1) is 0 Å². The van der Waals surface area contributed by atoms with Crippen molar-refractivity contribution in [1.29, 1.82) is 0 Å². The molecule has 5 rings (SSSR count). The predicted molar refractivity (Wildman–Crippen MR) is 125 cm³/mol. The van der Waals surface area contributed by atoms with Gasteiger partial charge in [0.25, 0.3) is 5.91 Å². The van der Waals surface area contributed by atoms with Crippen molar-refractivity contribution in [3.63, 3.8) is 0 Å². The minimum atomic E-state index is -0.719. The van der Waals surface area contributed by atoms with Crippen molar-refractivity contribution in [3.05, 3.63) is 35.5 Å². The minimum absolute atomic E-state index is 0.190. The minimum Gasteiger partial charge on any atom is -0.444 e. The van der Waals surface area contributed by atoms with Crippen LogP contribution in [-0.2, 0) is 14.3 Å². The smallest absolute Gasteiger partial charge is 0.410 e. The van der Waals surface area contributed by atoms with Gasteiger partial charge < -0.3 is 9.64 Å². The Morgan fingerprint density at radius 3 is 2.50 bits per heavy atom. The molecule has 1 atom stereocenters. The van der Waals surface area contributed by atoms with Crippen molar-refractivity contribution >= 4 is 40.4 Å². The van der Waals surface area contributed by atoms with E-state index in [0.29, 0.717) is 30.8 Å². The molecule has 1 aromatic heterocycles. The van der Waals surface area contributed by atoms with E-state index in [1.807, 2.05) is 32.9 Å². The fourth-order valence-electron chi connectivity index (χ4n) is 5.16. The van der Waals surface area contributed by atoms with Crippen LogP contribution in [0.25, 0.3) is 10.9 Å². The zero-order chi connectivity index (χ0) is 24.2. The number of nitrogens with one attached hydrogen (secondary N) is 1. The normalized spacial score (nSPS) is 21.3.